The van der Waals surface area contributed by atoms with Crippen LogP contribution in [0.5, 0.6) is 17.2 Å². The van der Waals surface area contributed by atoms with Crippen molar-refractivity contribution in [3.63, 3.8) is 0 Å². The summed E-state index contributed by atoms with van der Waals surface area (Å²) in [5.41, 5.74) is 0.255. The number of phenols is 2. The van der Waals surface area contributed by atoms with E-state index in [-0.39, 0.29) is 34.6 Å². The highest BCUT2D eigenvalue weighted by atomic mass is 16.7. The van der Waals surface area contributed by atoms with E-state index < -0.39 is 35.8 Å². The molecule has 1 fully saturated rings. The molecule has 1 aliphatic heterocycles. The van der Waals surface area contributed by atoms with Crippen molar-refractivity contribution < 1.29 is 39.4 Å². The highest BCUT2D eigenvalue weighted by molar-refractivity contribution is 5.87. The van der Waals surface area contributed by atoms with Gasteiger partial charge in [0.1, 0.15) is 30.3 Å². The normalized spacial score (nSPS) is 24.5. The first-order valence-corrected chi connectivity index (χ1v) is 8.76. The Morgan fingerprint density at radius 3 is 2.41 bits per heavy atom. The van der Waals surface area contributed by atoms with E-state index in [0.717, 1.165) is 0 Å². The maximum absolute atomic E-state index is 12.8. The first kappa shape index (κ1) is 19.2. The predicted octanol–water partition coefficient (Wildman–Crippen LogP) is 0.689. The molecular formula is C20H18O9. The third-order valence-corrected chi connectivity index (χ3v) is 4.75. The second-order valence-electron chi connectivity index (χ2n) is 6.68. The average molecular weight is 402 g/mol. The number of hydrogen-bond donors (Lipinski definition) is 5. The van der Waals surface area contributed by atoms with Gasteiger partial charge in [-0.15, -0.1) is 0 Å². The van der Waals surface area contributed by atoms with E-state index in [9.17, 15) is 30.3 Å². The summed E-state index contributed by atoms with van der Waals surface area (Å²) in [6, 6.07) is 8.70. The molecule has 1 saturated heterocycles. The fraction of sp³-hybridized carbons (Fsp3) is 0.250. The standard InChI is InChI=1S/C20H18O9/c21-10-3-1-9(2-4-10)12-7-27-19-11(15(12)23)5-6-14(17(19)25)29-20-18(26)16(24)13(22)8-28-20/h1-7,13,16,18,20-22,24-26H,8H2/t13-,16+,18-,20+/m1/s1. The molecular weight excluding hydrogens is 384 g/mol. The van der Waals surface area contributed by atoms with Crippen LogP contribution in [0, 0.1) is 0 Å². The molecule has 9 nitrogen and oxygen atoms in total. The summed E-state index contributed by atoms with van der Waals surface area (Å²) >= 11 is 0. The Morgan fingerprint density at radius 2 is 1.69 bits per heavy atom. The Hall–Kier alpha value is -3.11. The van der Waals surface area contributed by atoms with Gasteiger partial charge in [0, 0.05) is 0 Å². The summed E-state index contributed by atoms with van der Waals surface area (Å²) in [7, 11) is 0. The third kappa shape index (κ3) is 3.40. The Bertz CT molecular complexity index is 1090. The van der Waals surface area contributed by atoms with Crippen molar-refractivity contribution in [1.82, 2.24) is 0 Å². The number of phenolic OH excluding ortho intramolecular Hbond substituents is 2. The number of fused-ring (bicyclic) bond motifs is 1. The lowest BCUT2D eigenvalue weighted by molar-refractivity contribution is -0.242. The zero-order valence-electron chi connectivity index (χ0n) is 14.9. The number of benzene rings is 2. The maximum atomic E-state index is 12.8. The number of aliphatic hydroxyl groups is 3. The molecule has 2 aromatic carbocycles. The Morgan fingerprint density at radius 1 is 0.966 bits per heavy atom. The highest BCUT2D eigenvalue weighted by Gasteiger charge is 2.39. The molecule has 1 aliphatic rings. The van der Waals surface area contributed by atoms with Crippen LogP contribution in [0.2, 0.25) is 0 Å². The summed E-state index contributed by atoms with van der Waals surface area (Å²) in [6.07, 6.45) is -4.42. The van der Waals surface area contributed by atoms with Gasteiger partial charge in [-0.3, -0.25) is 4.79 Å². The minimum Gasteiger partial charge on any atom is -0.508 e. The molecule has 29 heavy (non-hydrogen) atoms. The van der Waals surface area contributed by atoms with Gasteiger partial charge in [-0.25, -0.2) is 0 Å². The molecule has 0 amide bonds. The Labute approximate surface area is 163 Å². The summed E-state index contributed by atoms with van der Waals surface area (Å²) in [5.74, 6) is -0.554. The molecule has 4 atom stereocenters. The third-order valence-electron chi connectivity index (χ3n) is 4.75. The van der Waals surface area contributed by atoms with Gasteiger partial charge < -0.3 is 39.4 Å². The highest BCUT2D eigenvalue weighted by Crippen LogP contribution is 2.36. The lowest BCUT2D eigenvalue weighted by Crippen LogP contribution is -2.54. The summed E-state index contributed by atoms with van der Waals surface area (Å²) in [5, 5.41) is 49.1. The summed E-state index contributed by atoms with van der Waals surface area (Å²) in [6.45, 7) is -0.262. The van der Waals surface area contributed by atoms with E-state index in [1.165, 1.54) is 30.5 Å². The van der Waals surface area contributed by atoms with Gasteiger partial charge in [0.15, 0.2) is 11.3 Å². The first-order valence-electron chi connectivity index (χ1n) is 8.76. The number of hydrogen-bond acceptors (Lipinski definition) is 9. The van der Waals surface area contributed by atoms with Crippen LogP contribution >= 0.6 is 0 Å². The van der Waals surface area contributed by atoms with Crippen molar-refractivity contribution in [2.75, 3.05) is 6.61 Å². The quantitative estimate of drug-likeness (QED) is 0.426. The number of aromatic hydroxyl groups is 2. The van der Waals surface area contributed by atoms with E-state index in [1.807, 2.05) is 0 Å². The minimum atomic E-state index is -1.54. The molecule has 1 aromatic heterocycles. The molecule has 4 rings (SSSR count). The largest absolute Gasteiger partial charge is 0.508 e. The van der Waals surface area contributed by atoms with Crippen molar-refractivity contribution in [3.8, 4) is 28.4 Å². The molecule has 0 bridgehead atoms. The van der Waals surface area contributed by atoms with E-state index in [4.69, 9.17) is 13.9 Å². The molecule has 3 aromatic rings. The van der Waals surface area contributed by atoms with Crippen molar-refractivity contribution in [3.05, 3.63) is 52.9 Å². The number of aliphatic hydroxyl groups excluding tert-OH is 3. The maximum Gasteiger partial charge on any atom is 0.229 e. The van der Waals surface area contributed by atoms with Crippen LogP contribution in [0.1, 0.15) is 0 Å². The monoisotopic (exact) mass is 402 g/mol. The van der Waals surface area contributed by atoms with Gasteiger partial charge in [0.25, 0.3) is 0 Å². The molecule has 5 N–H and O–H groups in total. The molecule has 0 aliphatic carbocycles. The molecule has 9 heteroatoms. The predicted molar refractivity (Wildman–Crippen MR) is 99.6 cm³/mol. The molecule has 0 spiro atoms. The van der Waals surface area contributed by atoms with Gasteiger partial charge in [0.2, 0.25) is 17.5 Å². The first-order chi connectivity index (χ1) is 13.9. The van der Waals surface area contributed by atoms with E-state index >= 15 is 0 Å². The lowest BCUT2D eigenvalue weighted by Gasteiger charge is -2.34. The minimum absolute atomic E-state index is 0.0584. The molecule has 152 valence electrons. The van der Waals surface area contributed by atoms with E-state index in [2.05, 4.69) is 0 Å². The van der Waals surface area contributed by atoms with Crippen molar-refractivity contribution in [2.45, 2.75) is 24.6 Å². The molecule has 0 radical (unpaired) electrons. The molecule has 0 saturated carbocycles. The van der Waals surface area contributed by atoms with Gasteiger partial charge in [0.05, 0.1) is 17.6 Å². The smallest absolute Gasteiger partial charge is 0.229 e. The number of ether oxygens (including phenoxy) is 2. The topological polar surface area (TPSA) is 150 Å². The van der Waals surface area contributed by atoms with Gasteiger partial charge in [-0.05, 0) is 29.8 Å². The van der Waals surface area contributed by atoms with Crippen molar-refractivity contribution in [2.24, 2.45) is 0 Å². The molecule has 2 heterocycles. The van der Waals surface area contributed by atoms with Crippen LogP contribution in [0.3, 0.4) is 0 Å². The van der Waals surface area contributed by atoms with E-state index in [0.29, 0.717) is 5.56 Å². The number of rotatable bonds is 3. The van der Waals surface area contributed by atoms with Crippen LogP contribution in [-0.4, -0.2) is 56.7 Å². The van der Waals surface area contributed by atoms with Gasteiger partial charge >= 0.3 is 0 Å². The molecule has 0 unspecified atom stereocenters. The summed E-state index contributed by atoms with van der Waals surface area (Å²) in [4.78, 5) is 12.8. The van der Waals surface area contributed by atoms with Crippen LogP contribution in [0.15, 0.2) is 51.9 Å². The zero-order chi connectivity index (χ0) is 20.7. The summed E-state index contributed by atoms with van der Waals surface area (Å²) < 4.78 is 16.0. The second-order valence-corrected chi connectivity index (χ2v) is 6.68. The Kier molecular flexibility index (Phi) is 4.89. The van der Waals surface area contributed by atoms with Gasteiger partial charge in [-0.2, -0.15) is 0 Å². The zero-order valence-corrected chi connectivity index (χ0v) is 14.9. The van der Waals surface area contributed by atoms with Crippen molar-refractivity contribution >= 4 is 11.0 Å². The van der Waals surface area contributed by atoms with Crippen LogP contribution in [0.25, 0.3) is 22.1 Å². The fourth-order valence-corrected chi connectivity index (χ4v) is 3.11. The lowest BCUT2D eigenvalue weighted by atomic mass is 10.0. The van der Waals surface area contributed by atoms with Crippen molar-refractivity contribution in [1.29, 1.82) is 0 Å². The van der Waals surface area contributed by atoms with E-state index in [1.54, 1.807) is 12.1 Å². The van der Waals surface area contributed by atoms with Crippen LogP contribution < -0.4 is 10.2 Å². The van der Waals surface area contributed by atoms with Gasteiger partial charge in [-0.1, -0.05) is 12.1 Å². The average Bonchev–Trinajstić information content (AvgIpc) is 2.71. The fourth-order valence-electron chi connectivity index (χ4n) is 3.11. The second kappa shape index (κ2) is 7.37. The van der Waals surface area contributed by atoms with Crippen LogP contribution in [-0.2, 0) is 4.74 Å². The van der Waals surface area contributed by atoms with Crippen LogP contribution in [0.4, 0.5) is 0 Å². The SMILES string of the molecule is O=c1c(-c2ccc(O)cc2)coc2c(O)c(O[C@@H]3OC[C@@H](O)[C@H](O)[C@H]3O)ccc12. The Balaban J connectivity index is 1.69.